The predicted octanol–water partition coefficient (Wildman–Crippen LogP) is 3.46. The summed E-state index contributed by atoms with van der Waals surface area (Å²) < 4.78 is 11.1. The summed E-state index contributed by atoms with van der Waals surface area (Å²) in [4.78, 5) is 38.7. The van der Waals surface area contributed by atoms with Crippen molar-refractivity contribution in [3.8, 4) is 11.5 Å². The maximum absolute atomic E-state index is 13.0. The zero-order valence-corrected chi connectivity index (χ0v) is 16.5. The number of aryl methyl sites for hydroxylation is 1. The normalized spacial score (nSPS) is 15.5. The standard InChI is InChI=1S/C22H22N2O5/c1-4-28-17-10-9-15(19(13-17)29-5-2)12-18-20(25)23-22(27)24(21(18)26)16-8-6-7-14(3)11-16/h6-13H,4-5H2,1-3H3,(H,23,25,27)/b18-12+. The second-order valence-electron chi connectivity index (χ2n) is 6.36. The minimum atomic E-state index is -0.778. The van der Waals surface area contributed by atoms with Gasteiger partial charge in [0.05, 0.1) is 18.9 Å². The lowest BCUT2D eigenvalue weighted by atomic mass is 10.1. The maximum Gasteiger partial charge on any atom is 0.335 e. The Labute approximate surface area is 168 Å². The molecule has 0 spiro atoms. The molecule has 1 aliphatic rings. The molecule has 1 aliphatic heterocycles. The lowest BCUT2D eigenvalue weighted by Gasteiger charge is -2.26. The highest BCUT2D eigenvalue weighted by molar-refractivity contribution is 6.39. The summed E-state index contributed by atoms with van der Waals surface area (Å²) in [5.41, 5.74) is 1.65. The van der Waals surface area contributed by atoms with Gasteiger partial charge >= 0.3 is 6.03 Å². The molecule has 2 aromatic carbocycles. The van der Waals surface area contributed by atoms with E-state index in [9.17, 15) is 14.4 Å². The van der Waals surface area contributed by atoms with Crippen molar-refractivity contribution < 1.29 is 23.9 Å². The molecule has 0 bridgehead atoms. The summed E-state index contributed by atoms with van der Waals surface area (Å²) in [6.45, 7) is 6.46. The topological polar surface area (TPSA) is 84.9 Å². The molecule has 0 aromatic heterocycles. The lowest BCUT2D eigenvalue weighted by molar-refractivity contribution is -0.122. The minimum absolute atomic E-state index is 0.156. The van der Waals surface area contributed by atoms with E-state index < -0.39 is 17.8 Å². The molecular formula is C22H22N2O5. The first-order valence-electron chi connectivity index (χ1n) is 9.32. The third-order valence-corrected chi connectivity index (χ3v) is 4.26. The van der Waals surface area contributed by atoms with Crippen molar-refractivity contribution in [3.63, 3.8) is 0 Å². The van der Waals surface area contributed by atoms with Crippen LogP contribution in [0.15, 0.2) is 48.0 Å². The van der Waals surface area contributed by atoms with Crippen molar-refractivity contribution in [2.75, 3.05) is 18.1 Å². The highest BCUT2D eigenvalue weighted by Crippen LogP contribution is 2.29. The van der Waals surface area contributed by atoms with E-state index in [1.807, 2.05) is 26.8 Å². The smallest absolute Gasteiger partial charge is 0.335 e. The Morgan fingerprint density at radius 3 is 2.45 bits per heavy atom. The van der Waals surface area contributed by atoms with Crippen molar-refractivity contribution in [1.82, 2.24) is 5.32 Å². The van der Waals surface area contributed by atoms with Gasteiger partial charge in [0.2, 0.25) is 0 Å². The molecule has 1 fully saturated rings. The van der Waals surface area contributed by atoms with Crippen LogP contribution in [-0.4, -0.2) is 31.1 Å². The number of anilines is 1. The summed E-state index contributed by atoms with van der Waals surface area (Å²) in [7, 11) is 0. The van der Waals surface area contributed by atoms with Crippen molar-refractivity contribution in [3.05, 3.63) is 59.2 Å². The molecule has 150 valence electrons. The van der Waals surface area contributed by atoms with E-state index in [-0.39, 0.29) is 5.57 Å². The van der Waals surface area contributed by atoms with E-state index >= 15 is 0 Å². The van der Waals surface area contributed by atoms with Crippen LogP contribution >= 0.6 is 0 Å². The van der Waals surface area contributed by atoms with E-state index in [1.165, 1.54) is 6.08 Å². The van der Waals surface area contributed by atoms with E-state index in [4.69, 9.17) is 9.47 Å². The molecular weight excluding hydrogens is 372 g/mol. The first-order chi connectivity index (χ1) is 13.9. The number of urea groups is 1. The molecule has 1 saturated heterocycles. The number of amides is 4. The van der Waals surface area contributed by atoms with Gasteiger partial charge in [-0.2, -0.15) is 0 Å². The van der Waals surface area contributed by atoms with Gasteiger partial charge in [0.15, 0.2) is 0 Å². The number of carbonyl (C=O) groups excluding carboxylic acids is 3. The SMILES string of the molecule is CCOc1ccc(/C=C2\C(=O)NC(=O)N(c3cccc(C)c3)C2=O)c(OCC)c1. The molecule has 0 saturated carbocycles. The lowest BCUT2D eigenvalue weighted by Crippen LogP contribution is -2.54. The predicted molar refractivity (Wildman–Crippen MR) is 109 cm³/mol. The van der Waals surface area contributed by atoms with Crippen molar-refractivity contribution in [2.45, 2.75) is 20.8 Å². The molecule has 1 heterocycles. The number of ether oxygens (including phenoxy) is 2. The second-order valence-corrected chi connectivity index (χ2v) is 6.36. The van der Waals surface area contributed by atoms with E-state index in [0.717, 1.165) is 10.5 Å². The Morgan fingerprint density at radius 2 is 1.76 bits per heavy atom. The highest BCUT2D eigenvalue weighted by atomic mass is 16.5. The Kier molecular flexibility index (Phi) is 5.97. The van der Waals surface area contributed by atoms with Gasteiger partial charge in [-0.25, -0.2) is 9.69 Å². The van der Waals surface area contributed by atoms with Gasteiger partial charge in [-0.15, -0.1) is 0 Å². The quantitative estimate of drug-likeness (QED) is 0.599. The Balaban J connectivity index is 2.02. The summed E-state index contributed by atoms with van der Waals surface area (Å²) in [5.74, 6) is -0.347. The number of carbonyl (C=O) groups is 3. The van der Waals surface area contributed by atoms with Crippen LogP contribution in [0, 0.1) is 6.92 Å². The van der Waals surface area contributed by atoms with E-state index in [1.54, 1.807) is 36.4 Å². The van der Waals surface area contributed by atoms with Gasteiger partial charge in [0.25, 0.3) is 11.8 Å². The zero-order valence-electron chi connectivity index (χ0n) is 16.5. The monoisotopic (exact) mass is 394 g/mol. The average molecular weight is 394 g/mol. The molecule has 0 unspecified atom stereocenters. The fourth-order valence-corrected chi connectivity index (χ4v) is 2.99. The minimum Gasteiger partial charge on any atom is -0.494 e. The van der Waals surface area contributed by atoms with Crippen LogP contribution in [0.25, 0.3) is 6.08 Å². The van der Waals surface area contributed by atoms with Crippen LogP contribution in [0.5, 0.6) is 11.5 Å². The fraction of sp³-hybridized carbons (Fsp3) is 0.227. The summed E-state index contributed by atoms with van der Waals surface area (Å²) in [6.07, 6.45) is 1.42. The zero-order chi connectivity index (χ0) is 21.0. The number of imide groups is 2. The Hall–Kier alpha value is -3.61. The van der Waals surface area contributed by atoms with Crippen LogP contribution in [0.2, 0.25) is 0 Å². The van der Waals surface area contributed by atoms with Gasteiger partial charge in [0.1, 0.15) is 17.1 Å². The number of rotatable bonds is 6. The average Bonchev–Trinajstić information content (AvgIpc) is 2.67. The molecule has 0 aliphatic carbocycles. The first-order valence-corrected chi connectivity index (χ1v) is 9.32. The van der Waals surface area contributed by atoms with Gasteiger partial charge < -0.3 is 9.47 Å². The van der Waals surface area contributed by atoms with Crippen LogP contribution in [-0.2, 0) is 9.59 Å². The molecule has 3 rings (SSSR count). The number of hydrogen-bond acceptors (Lipinski definition) is 5. The van der Waals surface area contributed by atoms with Gasteiger partial charge in [-0.05, 0) is 56.7 Å². The van der Waals surface area contributed by atoms with Gasteiger partial charge in [-0.3, -0.25) is 14.9 Å². The van der Waals surface area contributed by atoms with Crippen molar-refractivity contribution in [1.29, 1.82) is 0 Å². The summed E-state index contributed by atoms with van der Waals surface area (Å²) in [6, 6.07) is 11.3. The molecule has 4 amide bonds. The van der Waals surface area contributed by atoms with Gasteiger partial charge in [-0.1, -0.05) is 12.1 Å². The Bertz CT molecular complexity index is 996. The largest absolute Gasteiger partial charge is 0.494 e. The van der Waals surface area contributed by atoms with Crippen molar-refractivity contribution in [2.24, 2.45) is 0 Å². The van der Waals surface area contributed by atoms with Crippen LogP contribution < -0.4 is 19.7 Å². The van der Waals surface area contributed by atoms with E-state index in [2.05, 4.69) is 5.32 Å². The maximum atomic E-state index is 13.0. The third-order valence-electron chi connectivity index (χ3n) is 4.26. The second kappa shape index (κ2) is 8.60. The number of benzene rings is 2. The fourth-order valence-electron chi connectivity index (χ4n) is 2.99. The van der Waals surface area contributed by atoms with Crippen LogP contribution in [0.1, 0.15) is 25.0 Å². The Morgan fingerprint density at radius 1 is 1.00 bits per heavy atom. The third kappa shape index (κ3) is 4.29. The molecule has 0 atom stereocenters. The number of nitrogens with zero attached hydrogens (tertiary/aromatic N) is 1. The molecule has 1 N–H and O–H groups in total. The van der Waals surface area contributed by atoms with Crippen LogP contribution in [0.3, 0.4) is 0 Å². The number of barbiturate groups is 1. The van der Waals surface area contributed by atoms with E-state index in [0.29, 0.717) is 36.0 Å². The molecule has 7 heteroatoms. The highest BCUT2D eigenvalue weighted by Gasteiger charge is 2.37. The first kappa shape index (κ1) is 20.1. The molecule has 7 nitrogen and oxygen atoms in total. The molecule has 2 aromatic rings. The van der Waals surface area contributed by atoms with Gasteiger partial charge in [0, 0.05) is 11.6 Å². The van der Waals surface area contributed by atoms with Crippen LogP contribution in [0.4, 0.5) is 10.5 Å². The molecule has 29 heavy (non-hydrogen) atoms. The summed E-state index contributed by atoms with van der Waals surface area (Å²) in [5, 5.41) is 2.22. The number of nitrogens with one attached hydrogen (secondary N) is 1. The van der Waals surface area contributed by atoms with Crippen molar-refractivity contribution >= 4 is 29.6 Å². The summed E-state index contributed by atoms with van der Waals surface area (Å²) >= 11 is 0. The number of hydrogen-bond donors (Lipinski definition) is 1. The molecule has 0 radical (unpaired) electrons.